The van der Waals surface area contributed by atoms with Gasteiger partial charge in [0.05, 0.1) is 3.79 Å². The molecule has 0 aliphatic carbocycles. The van der Waals surface area contributed by atoms with Crippen LogP contribution in [0.3, 0.4) is 0 Å². The van der Waals surface area contributed by atoms with E-state index in [4.69, 9.17) is 0 Å². The average molecular weight is 353 g/mol. The van der Waals surface area contributed by atoms with Crippen LogP contribution >= 0.6 is 27.3 Å². The van der Waals surface area contributed by atoms with Crippen LogP contribution in [0.5, 0.6) is 0 Å². The third kappa shape index (κ3) is 3.14. The molecule has 1 aliphatic heterocycles. The van der Waals surface area contributed by atoms with Gasteiger partial charge in [-0.3, -0.25) is 0 Å². The predicted octanol–water partition coefficient (Wildman–Crippen LogP) is 2.18. The SMILES string of the molecule is CC1(C)CNCCC1NS(=O)(=O)c1ccc(Br)s1. The normalized spacial score (nSPS) is 24.1. The number of rotatable bonds is 3. The predicted molar refractivity (Wildman–Crippen MR) is 77.4 cm³/mol. The van der Waals surface area contributed by atoms with Crippen molar-refractivity contribution in [3.8, 4) is 0 Å². The number of piperidine rings is 1. The van der Waals surface area contributed by atoms with Crippen molar-refractivity contribution in [1.82, 2.24) is 10.0 Å². The number of hydrogen-bond donors (Lipinski definition) is 2. The summed E-state index contributed by atoms with van der Waals surface area (Å²) >= 11 is 4.52. The van der Waals surface area contributed by atoms with Gasteiger partial charge in [-0.05, 0) is 46.4 Å². The summed E-state index contributed by atoms with van der Waals surface area (Å²) in [4.78, 5) is 0. The Hall–Kier alpha value is 0.0500. The van der Waals surface area contributed by atoms with E-state index in [-0.39, 0.29) is 11.5 Å². The average Bonchev–Trinajstić information content (AvgIpc) is 2.69. The van der Waals surface area contributed by atoms with Crippen LogP contribution in [-0.4, -0.2) is 27.5 Å². The van der Waals surface area contributed by atoms with Gasteiger partial charge in [-0.15, -0.1) is 11.3 Å². The lowest BCUT2D eigenvalue weighted by atomic mass is 9.81. The topological polar surface area (TPSA) is 58.2 Å². The highest BCUT2D eigenvalue weighted by Gasteiger charge is 2.35. The van der Waals surface area contributed by atoms with E-state index in [1.54, 1.807) is 12.1 Å². The van der Waals surface area contributed by atoms with Gasteiger partial charge in [0.25, 0.3) is 0 Å². The van der Waals surface area contributed by atoms with Gasteiger partial charge in [-0.2, -0.15) is 0 Å². The van der Waals surface area contributed by atoms with Gasteiger partial charge >= 0.3 is 0 Å². The Kier molecular flexibility index (Phi) is 4.18. The highest BCUT2D eigenvalue weighted by atomic mass is 79.9. The fourth-order valence-corrected chi connectivity index (χ4v) is 5.55. The van der Waals surface area contributed by atoms with Crippen molar-refractivity contribution in [2.24, 2.45) is 5.41 Å². The molecule has 1 saturated heterocycles. The monoisotopic (exact) mass is 352 g/mol. The van der Waals surface area contributed by atoms with Gasteiger partial charge in [-0.1, -0.05) is 13.8 Å². The van der Waals surface area contributed by atoms with Crippen LogP contribution in [0.25, 0.3) is 0 Å². The van der Waals surface area contributed by atoms with Crippen molar-refractivity contribution in [2.75, 3.05) is 13.1 Å². The molecule has 1 fully saturated rings. The standard InChI is InChI=1S/C11H17BrN2O2S2/c1-11(2)7-13-6-5-8(11)14-18(15,16)10-4-3-9(12)17-10/h3-4,8,13-14H,5-7H2,1-2H3. The van der Waals surface area contributed by atoms with E-state index in [1.165, 1.54) is 11.3 Å². The maximum atomic E-state index is 12.3. The molecule has 0 spiro atoms. The smallest absolute Gasteiger partial charge is 0.250 e. The van der Waals surface area contributed by atoms with Gasteiger partial charge < -0.3 is 5.32 Å². The van der Waals surface area contributed by atoms with Gasteiger partial charge in [0.1, 0.15) is 4.21 Å². The second-order valence-electron chi connectivity index (χ2n) is 5.19. The minimum absolute atomic E-state index is 0.0235. The lowest BCUT2D eigenvalue weighted by Gasteiger charge is -2.39. The second-order valence-corrected chi connectivity index (χ2v) is 9.59. The first-order chi connectivity index (χ1) is 8.31. The van der Waals surface area contributed by atoms with E-state index in [9.17, 15) is 8.42 Å². The molecule has 1 aromatic heterocycles. The van der Waals surface area contributed by atoms with Crippen LogP contribution in [0.15, 0.2) is 20.1 Å². The van der Waals surface area contributed by atoms with E-state index in [2.05, 4.69) is 39.8 Å². The van der Waals surface area contributed by atoms with Gasteiger partial charge in [0.2, 0.25) is 10.0 Å². The van der Waals surface area contributed by atoms with E-state index in [0.29, 0.717) is 4.21 Å². The van der Waals surface area contributed by atoms with Crippen molar-refractivity contribution in [1.29, 1.82) is 0 Å². The summed E-state index contributed by atoms with van der Waals surface area (Å²) in [6.45, 7) is 5.84. The molecular formula is C11H17BrN2O2S2. The Labute approximate surface area is 120 Å². The minimum atomic E-state index is -3.40. The Morgan fingerprint density at radius 1 is 1.50 bits per heavy atom. The molecule has 18 heavy (non-hydrogen) atoms. The summed E-state index contributed by atoms with van der Waals surface area (Å²) in [6, 6.07) is 3.36. The summed E-state index contributed by atoms with van der Waals surface area (Å²) in [7, 11) is -3.40. The van der Waals surface area contributed by atoms with Crippen LogP contribution in [0.2, 0.25) is 0 Å². The van der Waals surface area contributed by atoms with Crippen LogP contribution in [0, 0.1) is 5.41 Å². The number of thiophene rings is 1. The quantitative estimate of drug-likeness (QED) is 0.876. The van der Waals surface area contributed by atoms with Crippen molar-refractivity contribution in [2.45, 2.75) is 30.5 Å². The highest BCUT2D eigenvalue weighted by Crippen LogP contribution is 2.29. The molecule has 1 aromatic rings. The summed E-state index contributed by atoms with van der Waals surface area (Å²) in [5.41, 5.74) is -0.0696. The van der Waals surface area contributed by atoms with Crippen molar-refractivity contribution >= 4 is 37.3 Å². The molecule has 2 N–H and O–H groups in total. The molecule has 2 heterocycles. The first kappa shape index (κ1) is 14.5. The second kappa shape index (κ2) is 5.20. The Morgan fingerprint density at radius 2 is 2.22 bits per heavy atom. The molecular weight excluding hydrogens is 336 g/mol. The summed E-state index contributed by atoms with van der Waals surface area (Å²) < 4.78 is 28.5. The zero-order valence-electron chi connectivity index (χ0n) is 10.4. The molecule has 7 heteroatoms. The number of hydrogen-bond acceptors (Lipinski definition) is 4. The van der Waals surface area contributed by atoms with E-state index >= 15 is 0 Å². The largest absolute Gasteiger partial charge is 0.316 e. The molecule has 0 amide bonds. The molecule has 1 unspecified atom stereocenters. The zero-order valence-corrected chi connectivity index (χ0v) is 13.6. The first-order valence-corrected chi connectivity index (χ1v) is 8.89. The molecule has 1 aliphatic rings. The van der Waals surface area contributed by atoms with Crippen LogP contribution in [0.4, 0.5) is 0 Å². The Bertz CT molecular complexity index is 525. The van der Waals surface area contributed by atoms with Crippen molar-refractivity contribution in [3.63, 3.8) is 0 Å². The zero-order chi connectivity index (χ0) is 13.4. The Balaban J connectivity index is 2.17. The summed E-state index contributed by atoms with van der Waals surface area (Å²) in [6.07, 6.45) is 0.818. The molecule has 0 aromatic carbocycles. The highest BCUT2D eigenvalue weighted by molar-refractivity contribution is 9.11. The van der Waals surface area contributed by atoms with Crippen LogP contribution < -0.4 is 10.0 Å². The van der Waals surface area contributed by atoms with Crippen LogP contribution in [0.1, 0.15) is 20.3 Å². The summed E-state index contributed by atoms with van der Waals surface area (Å²) in [5.74, 6) is 0. The number of sulfonamides is 1. The number of halogens is 1. The first-order valence-electron chi connectivity index (χ1n) is 5.80. The fraction of sp³-hybridized carbons (Fsp3) is 0.636. The fourth-order valence-electron chi connectivity index (χ4n) is 2.08. The van der Waals surface area contributed by atoms with Crippen LogP contribution in [-0.2, 0) is 10.0 Å². The van der Waals surface area contributed by atoms with Crippen molar-refractivity contribution < 1.29 is 8.42 Å². The van der Waals surface area contributed by atoms with Gasteiger partial charge in [-0.25, -0.2) is 13.1 Å². The Morgan fingerprint density at radius 3 is 2.78 bits per heavy atom. The lowest BCUT2D eigenvalue weighted by molar-refractivity contribution is 0.206. The van der Waals surface area contributed by atoms with Crippen molar-refractivity contribution in [3.05, 3.63) is 15.9 Å². The van der Waals surface area contributed by atoms with Gasteiger partial charge in [0.15, 0.2) is 0 Å². The minimum Gasteiger partial charge on any atom is -0.316 e. The number of nitrogens with one attached hydrogen (secondary N) is 2. The lowest BCUT2D eigenvalue weighted by Crippen LogP contribution is -2.54. The maximum absolute atomic E-state index is 12.3. The molecule has 0 bridgehead atoms. The molecule has 0 saturated carbocycles. The van der Waals surface area contributed by atoms with E-state index in [1.807, 2.05) is 0 Å². The molecule has 4 nitrogen and oxygen atoms in total. The van der Waals surface area contributed by atoms with E-state index in [0.717, 1.165) is 23.3 Å². The van der Waals surface area contributed by atoms with E-state index < -0.39 is 10.0 Å². The third-order valence-corrected chi connectivity index (χ3v) is 6.83. The molecule has 1 atom stereocenters. The molecule has 2 rings (SSSR count). The maximum Gasteiger partial charge on any atom is 0.250 e. The molecule has 0 radical (unpaired) electrons. The summed E-state index contributed by atoms with van der Waals surface area (Å²) in [5, 5.41) is 3.29. The molecule has 102 valence electrons. The third-order valence-electron chi connectivity index (χ3n) is 3.24. The van der Waals surface area contributed by atoms with Gasteiger partial charge in [0, 0.05) is 12.6 Å².